The summed E-state index contributed by atoms with van der Waals surface area (Å²) in [5.74, 6) is -0.00795. The third kappa shape index (κ3) is 3.07. The molecule has 0 aliphatic carbocycles. The summed E-state index contributed by atoms with van der Waals surface area (Å²) in [6.45, 7) is 6.02. The van der Waals surface area contributed by atoms with E-state index in [0.717, 1.165) is 31.6 Å². The molecule has 0 radical (unpaired) electrons. The number of ether oxygens (including phenoxy) is 1. The van der Waals surface area contributed by atoms with E-state index in [-0.39, 0.29) is 17.7 Å². The summed E-state index contributed by atoms with van der Waals surface area (Å²) in [5, 5.41) is 0. The van der Waals surface area contributed by atoms with Crippen molar-refractivity contribution in [3.8, 4) is 0 Å². The van der Waals surface area contributed by atoms with Gasteiger partial charge in [-0.3, -0.25) is 14.5 Å². The summed E-state index contributed by atoms with van der Waals surface area (Å²) < 4.78 is 4.74. The maximum Gasteiger partial charge on any atom is 0.311 e. The molecule has 0 N–H and O–H groups in total. The lowest BCUT2D eigenvalue weighted by Crippen LogP contribution is -2.50. The van der Waals surface area contributed by atoms with Gasteiger partial charge in [0.05, 0.1) is 13.0 Å². The van der Waals surface area contributed by atoms with E-state index < -0.39 is 0 Å². The minimum atomic E-state index is -0.121. The summed E-state index contributed by atoms with van der Waals surface area (Å²) in [7, 11) is 1.43. The highest BCUT2D eigenvalue weighted by Gasteiger charge is 2.33. The third-order valence-electron chi connectivity index (χ3n) is 3.88. The highest BCUT2D eigenvalue weighted by molar-refractivity contribution is 5.94. The molecular formula is C16H21NO3. The standard InChI is InChI=1S/C16H21NO3/c1-4-12-7-13(11(2)18)5-6-14(12)8-17-9-15(10-17)16(19)20-3/h5-7,15H,4,8-10H2,1-3H3. The number of methoxy groups -OCH3 is 1. The molecule has 0 spiro atoms. The Bertz CT molecular complexity index is 518. The van der Waals surface area contributed by atoms with Crippen molar-refractivity contribution < 1.29 is 14.3 Å². The van der Waals surface area contributed by atoms with Gasteiger partial charge in [0.1, 0.15) is 0 Å². The van der Waals surface area contributed by atoms with Crippen LogP contribution in [0.3, 0.4) is 0 Å². The molecule has 1 aliphatic heterocycles. The van der Waals surface area contributed by atoms with Gasteiger partial charge in [0, 0.05) is 25.2 Å². The van der Waals surface area contributed by atoms with Crippen LogP contribution in [-0.2, 0) is 22.5 Å². The van der Waals surface area contributed by atoms with Crippen molar-refractivity contribution in [2.45, 2.75) is 26.8 Å². The van der Waals surface area contributed by atoms with Gasteiger partial charge in [-0.15, -0.1) is 0 Å². The Labute approximate surface area is 119 Å². The van der Waals surface area contributed by atoms with Crippen LogP contribution in [0.15, 0.2) is 18.2 Å². The minimum Gasteiger partial charge on any atom is -0.469 e. The number of ketones is 1. The van der Waals surface area contributed by atoms with Crippen molar-refractivity contribution in [2.75, 3.05) is 20.2 Å². The number of carbonyl (C=O) groups is 2. The first-order valence-electron chi connectivity index (χ1n) is 6.98. The number of benzene rings is 1. The first-order valence-corrected chi connectivity index (χ1v) is 6.98. The van der Waals surface area contributed by atoms with Gasteiger partial charge in [-0.05, 0) is 30.5 Å². The van der Waals surface area contributed by atoms with Crippen molar-refractivity contribution >= 4 is 11.8 Å². The second kappa shape index (κ2) is 6.18. The van der Waals surface area contributed by atoms with Gasteiger partial charge in [-0.25, -0.2) is 0 Å². The lowest BCUT2D eigenvalue weighted by molar-refractivity contribution is -0.151. The Hall–Kier alpha value is -1.68. The van der Waals surface area contributed by atoms with Crippen molar-refractivity contribution in [3.05, 3.63) is 34.9 Å². The van der Waals surface area contributed by atoms with E-state index in [1.54, 1.807) is 6.92 Å². The van der Waals surface area contributed by atoms with Crippen LogP contribution in [-0.4, -0.2) is 36.9 Å². The van der Waals surface area contributed by atoms with Crippen LogP contribution in [0, 0.1) is 5.92 Å². The number of likely N-dealkylation sites (tertiary alicyclic amines) is 1. The fourth-order valence-electron chi connectivity index (χ4n) is 2.58. The summed E-state index contributed by atoms with van der Waals surface area (Å²) >= 11 is 0. The van der Waals surface area contributed by atoms with Gasteiger partial charge in [0.25, 0.3) is 0 Å². The molecule has 0 saturated carbocycles. The molecule has 0 unspecified atom stereocenters. The normalized spacial score (nSPS) is 15.8. The molecule has 4 heteroatoms. The Balaban J connectivity index is 2.00. The lowest BCUT2D eigenvalue weighted by Gasteiger charge is -2.37. The van der Waals surface area contributed by atoms with Crippen molar-refractivity contribution in [1.82, 2.24) is 4.90 Å². The molecule has 1 heterocycles. The van der Waals surface area contributed by atoms with E-state index in [0.29, 0.717) is 0 Å². The van der Waals surface area contributed by atoms with Gasteiger partial charge >= 0.3 is 5.97 Å². The third-order valence-corrected chi connectivity index (χ3v) is 3.88. The molecule has 0 amide bonds. The average molecular weight is 275 g/mol. The van der Waals surface area contributed by atoms with E-state index in [1.165, 1.54) is 18.2 Å². The van der Waals surface area contributed by atoms with Crippen LogP contribution in [0.5, 0.6) is 0 Å². The Morgan fingerprint density at radius 3 is 2.55 bits per heavy atom. The SMILES string of the molecule is CCc1cc(C(C)=O)ccc1CN1CC(C(=O)OC)C1. The summed E-state index contributed by atoms with van der Waals surface area (Å²) in [5.41, 5.74) is 3.21. The highest BCUT2D eigenvalue weighted by atomic mass is 16.5. The first-order chi connectivity index (χ1) is 9.55. The Morgan fingerprint density at radius 1 is 1.30 bits per heavy atom. The molecular weight excluding hydrogens is 254 g/mol. The fraction of sp³-hybridized carbons (Fsp3) is 0.500. The topological polar surface area (TPSA) is 46.6 Å². The van der Waals surface area contributed by atoms with Gasteiger partial charge in [-0.1, -0.05) is 19.1 Å². The zero-order valence-corrected chi connectivity index (χ0v) is 12.3. The first kappa shape index (κ1) is 14.7. The number of nitrogens with zero attached hydrogens (tertiary/aromatic N) is 1. The van der Waals surface area contributed by atoms with Crippen LogP contribution < -0.4 is 0 Å². The number of carbonyl (C=O) groups excluding carboxylic acids is 2. The van der Waals surface area contributed by atoms with Gasteiger partial charge < -0.3 is 4.74 Å². The van der Waals surface area contributed by atoms with Crippen molar-refractivity contribution in [3.63, 3.8) is 0 Å². The number of esters is 1. The monoisotopic (exact) mass is 275 g/mol. The second-order valence-electron chi connectivity index (χ2n) is 5.31. The van der Waals surface area contributed by atoms with Gasteiger partial charge in [0.15, 0.2) is 5.78 Å². The average Bonchev–Trinajstić information content (AvgIpc) is 2.41. The predicted octanol–water partition coefficient (Wildman–Crippen LogP) is 2.06. The number of aryl methyl sites for hydroxylation is 1. The number of hydrogen-bond donors (Lipinski definition) is 0. The number of hydrogen-bond acceptors (Lipinski definition) is 4. The molecule has 1 aliphatic rings. The highest BCUT2D eigenvalue weighted by Crippen LogP contribution is 2.22. The summed E-state index contributed by atoms with van der Waals surface area (Å²) in [6, 6.07) is 5.89. The van der Waals surface area contributed by atoms with Crippen molar-refractivity contribution in [2.24, 2.45) is 5.92 Å². The molecule has 1 saturated heterocycles. The van der Waals surface area contributed by atoms with Crippen LogP contribution in [0.4, 0.5) is 0 Å². The van der Waals surface area contributed by atoms with Crippen LogP contribution in [0.2, 0.25) is 0 Å². The molecule has 0 bridgehead atoms. The van der Waals surface area contributed by atoms with E-state index in [2.05, 4.69) is 11.8 Å². The zero-order valence-electron chi connectivity index (χ0n) is 12.3. The maximum atomic E-state index is 11.4. The van der Waals surface area contributed by atoms with Gasteiger partial charge in [0.2, 0.25) is 0 Å². The Kier molecular flexibility index (Phi) is 4.55. The lowest BCUT2D eigenvalue weighted by atomic mass is 9.96. The fourth-order valence-corrected chi connectivity index (χ4v) is 2.58. The predicted molar refractivity (Wildman–Crippen MR) is 76.6 cm³/mol. The smallest absolute Gasteiger partial charge is 0.311 e. The molecule has 4 nitrogen and oxygen atoms in total. The number of Topliss-reactive ketones (excluding diaryl/α,β-unsaturated/α-hetero) is 1. The Morgan fingerprint density at radius 2 is 2.00 bits per heavy atom. The second-order valence-corrected chi connectivity index (χ2v) is 5.31. The van der Waals surface area contributed by atoms with Crippen molar-refractivity contribution in [1.29, 1.82) is 0 Å². The van der Waals surface area contributed by atoms with E-state index in [4.69, 9.17) is 4.74 Å². The summed E-state index contributed by atoms with van der Waals surface area (Å²) in [6.07, 6.45) is 0.907. The van der Waals surface area contributed by atoms with E-state index in [9.17, 15) is 9.59 Å². The quantitative estimate of drug-likeness (QED) is 0.609. The molecule has 1 fully saturated rings. The van der Waals surface area contributed by atoms with Crippen LogP contribution >= 0.6 is 0 Å². The number of rotatable bonds is 5. The van der Waals surface area contributed by atoms with Gasteiger partial charge in [-0.2, -0.15) is 0 Å². The van der Waals surface area contributed by atoms with Crippen LogP contribution in [0.25, 0.3) is 0 Å². The largest absolute Gasteiger partial charge is 0.469 e. The van der Waals surface area contributed by atoms with Crippen LogP contribution in [0.1, 0.15) is 35.3 Å². The molecule has 2 rings (SSSR count). The zero-order chi connectivity index (χ0) is 14.7. The van der Waals surface area contributed by atoms with E-state index >= 15 is 0 Å². The molecule has 20 heavy (non-hydrogen) atoms. The molecule has 1 aromatic carbocycles. The molecule has 0 atom stereocenters. The molecule has 1 aromatic rings. The molecule has 108 valence electrons. The summed E-state index contributed by atoms with van der Waals surface area (Å²) in [4.78, 5) is 25.0. The maximum absolute atomic E-state index is 11.4. The van der Waals surface area contributed by atoms with E-state index in [1.807, 2.05) is 18.2 Å². The minimum absolute atomic E-state index is 0.0153. The molecule has 0 aromatic heterocycles.